The standard InChI is InChI=1S/C15H15ClN2OS/c1-9-7-11(4-6-14(9)19-2)18-13-5-3-10(15(17)20)8-12(13)16/h3-8,18H,1-2H3,(H2,17,20). The normalized spacial score (nSPS) is 10.2. The molecule has 2 aromatic rings. The molecule has 0 fully saturated rings. The molecule has 0 aromatic heterocycles. The van der Waals surface area contributed by atoms with Crippen molar-refractivity contribution >= 4 is 40.2 Å². The molecule has 0 atom stereocenters. The summed E-state index contributed by atoms with van der Waals surface area (Å²) in [6.45, 7) is 1.99. The molecule has 0 spiro atoms. The van der Waals surface area contributed by atoms with E-state index in [0.717, 1.165) is 28.3 Å². The Morgan fingerprint density at radius 3 is 2.55 bits per heavy atom. The van der Waals surface area contributed by atoms with E-state index in [0.29, 0.717) is 10.0 Å². The monoisotopic (exact) mass is 306 g/mol. The highest BCUT2D eigenvalue weighted by atomic mass is 35.5. The average molecular weight is 307 g/mol. The fraction of sp³-hybridized carbons (Fsp3) is 0.133. The van der Waals surface area contributed by atoms with Crippen LogP contribution in [0.15, 0.2) is 36.4 Å². The third kappa shape index (κ3) is 3.21. The third-order valence-electron chi connectivity index (χ3n) is 2.93. The summed E-state index contributed by atoms with van der Waals surface area (Å²) in [6.07, 6.45) is 0. The topological polar surface area (TPSA) is 47.3 Å². The zero-order valence-electron chi connectivity index (χ0n) is 11.2. The van der Waals surface area contributed by atoms with E-state index in [4.69, 9.17) is 34.3 Å². The Morgan fingerprint density at radius 1 is 1.25 bits per heavy atom. The number of benzene rings is 2. The lowest BCUT2D eigenvalue weighted by Gasteiger charge is -2.12. The molecular weight excluding hydrogens is 292 g/mol. The van der Waals surface area contributed by atoms with E-state index in [1.807, 2.05) is 37.3 Å². The molecule has 0 radical (unpaired) electrons. The predicted molar refractivity (Wildman–Crippen MR) is 88.4 cm³/mol. The first-order valence-electron chi connectivity index (χ1n) is 6.02. The molecule has 3 N–H and O–H groups in total. The lowest BCUT2D eigenvalue weighted by Crippen LogP contribution is -2.09. The van der Waals surface area contributed by atoms with Crippen LogP contribution in [0.1, 0.15) is 11.1 Å². The van der Waals surface area contributed by atoms with Crippen LogP contribution in [0.4, 0.5) is 11.4 Å². The lowest BCUT2D eigenvalue weighted by atomic mass is 10.1. The zero-order chi connectivity index (χ0) is 14.7. The van der Waals surface area contributed by atoms with E-state index in [2.05, 4.69) is 5.32 Å². The molecule has 0 aliphatic carbocycles. The van der Waals surface area contributed by atoms with Crippen LogP contribution >= 0.6 is 23.8 Å². The Balaban J connectivity index is 2.26. The number of methoxy groups -OCH3 is 1. The average Bonchev–Trinajstić information content (AvgIpc) is 2.41. The third-order valence-corrected chi connectivity index (χ3v) is 3.48. The highest BCUT2D eigenvalue weighted by Gasteiger charge is 2.05. The molecule has 0 aliphatic heterocycles. The van der Waals surface area contributed by atoms with Gasteiger partial charge in [0.25, 0.3) is 0 Å². The minimum absolute atomic E-state index is 0.332. The van der Waals surface area contributed by atoms with Gasteiger partial charge in [0.05, 0.1) is 17.8 Å². The number of nitrogens with two attached hydrogens (primary N) is 1. The van der Waals surface area contributed by atoms with Crippen molar-refractivity contribution in [2.75, 3.05) is 12.4 Å². The molecule has 5 heteroatoms. The molecule has 3 nitrogen and oxygen atoms in total. The molecular formula is C15H15ClN2OS. The molecule has 0 aliphatic rings. The quantitative estimate of drug-likeness (QED) is 0.837. The largest absolute Gasteiger partial charge is 0.496 e. The van der Waals surface area contributed by atoms with Gasteiger partial charge < -0.3 is 15.8 Å². The molecule has 0 bridgehead atoms. The van der Waals surface area contributed by atoms with E-state index in [9.17, 15) is 0 Å². The zero-order valence-corrected chi connectivity index (χ0v) is 12.8. The molecule has 0 saturated carbocycles. The number of aryl methyl sites for hydroxylation is 1. The second-order valence-electron chi connectivity index (χ2n) is 4.37. The van der Waals surface area contributed by atoms with Crippen molar-refractivity contribution in [1.29, 1.82) is 0 Å². The molecule has 0 amide bonds. The van der Waals surface area contributed by atoms with Crippen LogP contribution in [0.25, 0.3) is 0 Å². The van der Waals surface area contributed by atoms with Gasteiger partial charge in [0.15, 0.2) is 0 Å². The second-order valence-corrected chi connectivity index (χ2v) is 5.22. The maximum Gasteiger partial charge on any atom is 0.121 e. The van der Waals surface area contributed by atoms with Gasteiger partial charge in [-0.2, -0.15) is 0 Å². The first-order chi connectivity index (χ1) is 9.51. The van der Waals surface area contributed by atoms with Crippen molar-refractivity contribution < 1.29 is 4.74 Å². The number of nitrogens with one attached hydrogen (secondary N) is 1. The molecule has 0 saturated heterocycles. The number of hydrogen-bond acceptors (Lipinski definition) is 3. The first kappa shape index (κ1) is 14.6. The summed E-state index contributed by atoms with van der Waals surface area (Å²) >= 11 is 11.1. The summed E-state index contributed by atoms with van der Waals surface area (Å²) in [7, 11) is 1.65. The predicted octanol–water partition coefficient (Wildman–Crippen LogP) is 4.03. The van der Waals surface area contributed by atoms with Crippen LogP contribution in [0.3, 0.4) is 0 Å². The minimum Gasteiger partial charge on any atom is -0.496 e. The van der Waals surface area contributed by atoms with Crippen molar-refractivity contribution in [3.05, 3.63) is 52.5 Å². The van der Waals surface area contributed by atoms with Crippen LogP contribution in [0.2, 0.25) is 5.02 Å². The van der Waals surface area contributed by atoms with Crippen LogP contribution in [0.5, 0.6) is 5.75 Å². The molecule has 2 rings (SSSR count). The lowest BCUT2D eigenvalue weighted by molar-refractivity contribution is 0.412. The Bertz CT molecular complexity index is 658. The van der Waals surface area contributed by atoms with Gasteiger partial charge >= 0.3 is 0 Å². The van der Waals surface area contributed by atoms with Gasteiger partial charge in [-0.1, -0.05) is 23.8 Å². The van der Waals surface area contributed by atoms with Gasteiger partial charge in [-0.05, 0) is 48.9 Å². The van der Waals surface area contributed by atoms with E-state index in [1.54, 1.807) is 13.2 Å². The number of anilines is 2. The molecule has 104 valence electrons. The van der Waals surface area contributed by atoms with E-state index in [-0.39, 0.29) is 0 Å². The summed E-state index contributed by atoms with van der Waals surface area (Å²) < 4.78 is 5.23. The Kier molecular flexibility index (Phi) is 4.47. The van der Waals surface area contributed by atoms with Gasteiger partial charge in [-0.3, -0.25) is 0 Å². The summed E-state index contributed by atoms with van der Waals surface area (Å²) in [5.41, 5.74) is 9.12. The van der Waals surface area contributed by atoms with E-state index < -0.39 is 0 Å². The summed E-state index contributed by atoms with van der Waals surface area (Å²) in [4.78, 5) is 0.332. The van der Waals surface area contributed by atoms with Crippen LogP contribution < -0.4 is 15.8 Å². The molecule has 0 heterocycles. The van der Waals surface area contributed by atoms with Crippen molar-refractivity contribution in [1.82, 2.24) is 0 Å². The van der Waals surface area contributed by atoms with Gasteiger partial charge in [-0.25, -0.2) is 0 Å². The molecule has 2 aromatic carbocycles. The SMILES string of the molecule is COc1ccc(Nc2ccc(C(N)=S)cc2Cl)cc1C. The van der Waals surface area contributed by atoms with E-state index in [1.165, 1.54) is 0 Å². The summed E-state index contributed by atoms with van der Waals surface area (Å²) in [5.74, 6) is 0.852. The van der Waals surface area contributed by atoms with Gasteiger partial charge in [0, 0.05) is 11.3 Å². The van der Waals surface area contributed by atoms with Gasteiger partial charge in [0.1, 0.15) is 10.7 Å². The summed E-state index contributed by atoms with van der Waals surface area (Å²) in [5, 5.41) is 3.83. The fourth-order valence-corrected chi connectivity index (χ4v) is 2.24. The fourth-order valence-electron chi connectivity index (χ4n) is 1.88. The summed E-state index contributed by atoms with van der Waals surface area (Å²) in [6, 6.07) is 11.3. The number of ether oxygens (including phenoxy) is 1. The first-order valence-corrected chi connectivity index (χ1v) is 6.81. The highest BCUT2D eigenvalue weighted by Crippen LogP contribution is 2.28. The molecule has 20 heavy (non-hydrogen) atoms. The van der Waals surface area contributed by atoms with Crippen molar-refractivity contribution in [3.8, 4) is 5.75 Å². The number of rotatable bonds is 4. The Morgan fingerprint density at radius 2 is 2.00 bits per heavy atom. The van der Waals surface area contributed by atoms with Crippen LogP contribution in [0, 0.1) is 6.92 Å². The number of hydrogen-bond donors (Lipinski definition) is 2. The smallest absolute Gasteiger partial charge is 0.121 e. The maximum atomic E-state index is 6.22. The molecule has 0 unspecified atom stereocenters. The Labute approximate surface area is 128 Å². The maximum absolute atomic E-state index is 6.22. The van der Waals surface area contributed by atoms with Crippen LogP contribution in [-0.2, 0) is 0 Å². The van der Waals surface area contributed by atoms with Crippen molar-refractivity contribution in [3.63, 3.8) is 0 Å². The van der Waals surface area contributed by atoms with Crippen molar-refractivity contribution in [2.24, 2.45) is 5.73 Å². The number of halogens is 1. The van der Waals surface area contributed by atoms with Crippen molar-refractivity contribution in [2.45, 2.75) is 6.92 Å². The number of thiocarbonyl (C=S) groups is 1. The second kappa shape index (κ2) is 6.11. The Hall–Kier alpha value is -1.78. The van der Waals surface area contributed by atoms with Gasteiger partial charge in [0.2, 0.25) is 0 Å². The highest BCUT2D eigenvalue weighted by molar-refractivity contribution is 7.80. The van der Waals surface area contributed by atoms with Gasteiger partial charge in [-0.15, -0.1) is 0 Å². The minimum atomic E-state index is 0.332. The van der Waals surface area contributed by atoms with Crippen LogP contribution in [-0.4, -0.2) is 12.1 Å². The van der Waals surface area contributed by atoms with E-state index >= 15 is 0 Å².